The quantitative estimate of drug-likeness (QED) is 0.654. The molecule has 0 atom stereocenters. The molecule has 0 saturated carbocycles. The predicted octanol–water partition coefficient (Wildman–Crippen LogP) is 3.95. The molecule has 13 heavy (non-hydrogen) atoms. The van der Waals surface area contributed by atoms with Crippen LogP contribution < -0.4 is 0 Å². The fourth-order valence-electron chi connectivity index (χ4n) is 1.28. The molecule has 0 spiro atoms. The molecule has 1 aromatic carbocycles. The molecule has 0 saturated heterocycles. The van der Waals surface area contributed by atoms with Crippen LogP contribution in [0.2, 0.25) is 0 Å². The van der Waals surface area contributed by atoms with Crippen LogP contribution in [0.5, 0.6) is 0 Å². The summed E-state index contributed by atoms with van der Waals surface area (Å²) in [6.07, 6.45) is 1.27. The van der Waals surface area contributed by atoms with Gasteiger partial charge in [0.05, 0.1) is 0 Å². The minimum atomic E-state index is 1.17. The third kappa shape index (κ3) is 3.43. The van der Waals surface area contributed by atoms with Crippen molar-refractivity contribution >= 4 is 11.8 Å². The molecule has 0 heterocycles. The minimum Gasteiger partial charge on any atom is -0.157 e. The van der Waals surface area contributed by atoms with Crippen molar-refractivity contribution in [3.63, 3.8) is 0 Å². The first-order chi connectivity index (χ1) is 6.24. The molecule has 1 rings (SSSR count). The van der Waals surface area contributed by atoms with Crippen molar-refractivity contribution in [3.8, 4) is 0 Å². The van der Waals surface area contributed by atoms with Crippen LogP contribution in [0, 0.1) is 13.8 Å². The molecule has 0 aliphatic heterocycles. The highest BCUT2D eigenvalue weighted by molar-refractivity contribution is 7.98. The topological polar surface area (TPSA) is 0 Å². The number of hydrogen-bond acceptors (Lipinski definition) is 1. The molecule has 0 nitrogen and oxygen atoms in total. The first-order valence-electron chi connectivity index (χ1n) is 4.88. The van der Waals surface area contributed by atoms with Gasteiger partial charge in [0, 0.05) is 5.75 Å². The van der Waals surface area contributed by atoms with Crippen LogP contribution in [0.15, 0.2) is 18.2 Å². The van der Waals surface area contributed by atoms with Crippen molar-refractivity contribution in [1.82, 2.24) is 0 Å². The van der Waals surface area contributed by atoms with E-state index in [1.807, 2.05) is 11.8 Å². The summed E-state index contributed by atoms with van der Waals surface area (Å²) in [6.45, 7) is 6.59. The maximum absolute atomic E-state index is 2.30. The molecule has 0 fully saturated rings. The highest BCUT2D eigenvalue weighted by Crippen LogP contribution is 2.17. The summed E-state index contributed by atoms with van der Waals surface area (Å²) in [4.78, 5) is 0. The highest BCUT2D eigenvalue weighted by atomic mass is 32.2. The highest BCUT2D eigenvalue weighted by Gasteiger charge is 1.97. The van der Waals surface area contributed by atoms with Crippen molar-refractivity contribution in [2.45, 2.75) is 32.9 Å². The van der Waals surface area contributed by atoms with Gasteiger partial charge in [-0.1, -0.05) is 30.7 Å². The fourth-order valence-corrected chi connectivity index (χ4v) is 2.25. The van der Waals surface area contributed by atoms with Crippen LogP contribution in [0.1, 0.15) is 30.0 Å². The Morgan fingerprint density at radius 1 is 1.23 bits per heavy atom. The summed E-state index contributed by atoms with van der Waals surface area (Å²) >= 11 is 2.03. The van der Waals surface area contributed by atoms with Gasteiger partial charge in [-0.3, -0.25) is 0 Å². The Bertz CT molecular complexity index is 266. The summed E-state index contributed by atoms with van der Waals surface area (Å²) in [5, 5.41) is 0. The number of aryl methyl sites for hydroxylation is 2. The first kappa shape index (κ1) is 10.6. The summed E-state index contributed by atoms with van der Waals surface area (Å²) < 4.78 is 0. The average molecular weight is 194 g/mol. The van der Waals surface area contributed by atoms with Gasteiger partial charge in [-0.15, -0.1) is 0 Å². The molecule has 0 aromatic heterocycles. The molecule has 0 N–H and O–H groups in total. The smallest absolute Gasteiger partial charge is 0.0187 e. The molecule has 0 amide bonds. The second-order valence-corrected chi connectivity index (χ2v) is 4.59. The summed E-state index contributed by atoms with van der Waals surface area (Å²) in [7, 11) is 0. The first-order valence-corrected chi connectivity index (χ1v) is 6.03. The fraction of sp³-hybridized carbons (Fsp3) is 0.500. The Hall–Kier alpha value is -0.430. The normalized spacial score (nSPS) is 10.4. The van der Waals surface area contributed by atoms with Crippen LogP contribution in [0.25, 0.3) is 0 Å². The second kappa shape index (κ2) is 5.33. The van der Waals surface area contributed by atoms with E-state index in [1.165, 1.54) is 34.6 Å². The number of hydrogen-bond donors (Lipinski definition) is 0. The zero-order chi connectivity index (χ0) is 9.68. The number of benzene rings is 1. The van der Waals surface area contributed by atoms with Crippen molar-refractivity contribution in [3.05, 3.63) is 34.9 Å². The van der Waals surface area contributed by atoms with E-state index in [0.717, 1.165) is 0 Å². The van der Waals surface area contributed by atoms with E-state index in [-0.39, 0.29) is 0 Å². The summed E-state index contributed by atoms with van der Waals surface area (Å²) in [5.74, 6) is 2.44. The maximum atomic E-state index is 2.30. The molecule has 0 aliphatic rings. The molecule has 0 unspecified atom stereocenters. The van der Waals surface area contributed by atoms with Crippen molar-refractivity contribution in [2.24, 2.45) is 0 Å². The SMILES string of the molecule is CCCSCc1cc(C)ccc1C. The van der Waals surface area contributed by atoms with Crippen LogP contribution in [-0.4, -0.2) is 5.75 Å². The Morgan fingerprint density at radius 2 is 2.00 bits per heavy atom. The summed E-state index contributed by atoms with van der Waals surface area (Å²) in [5.41, 5.74) is 4.30. The van der Waals surface area contributed by atoms with Gasteiger partial charge in [-0.05, 0) is 37.1 Å². The van der Waals surface area contributed by atoms with Crippen molar-refractivity contribution in [2.75, 3.05) is 5.75 Å². The van der Waals surface area contributed by atoms with Crippen LogP contribution >= 0.6 is 11.8 Å². The summed E-state index contributed by atoms with van der Waals surface area (Å²) in [6, 6.07) is 6.71. The van der Waals surface area contributed by atoms with E-state index < -0.39 is 0 Å². The number of thioether (sulfide) groups is 1. The zero-order valence-electron chi connectivity index (χ0n) is 8.76. The number of rotatable bonds is 4. The molecule has 0 bridgehead atoms. The lowest BCUT2D eigenvalue weighted by Crippen LogP contribution is -1.88. The standard InChI is InChI=1S/C12H18S/c1-4-7-13-9-12-8-10(2)5-6-11(12)3/h5-6,8H,4,7,9H2,1-3H3. The van der Waals surface area contributed by atoms with E-state index in [1.54, 1.807) is 0 Å². The lowest BCUT2D eigenvalue weighted by atomic mass is 10.1. The molecular weight excluding hydrogens is 176 g/mol. The van der Waals surface area contributed by atoms with E-state index in [0.29, 0.717) is 0 Å². The van der Waals surface area contributed by atoms with Gasteiger partial charge >= 0.3 is 0 Å². The molecule has 0 aliphatic carbocycles. The van der Waals surface area contributed by atoms with Gasteiger partial charge in [0.25, 0.3) is 0 Å². The molecular formula is C12H18S. The van der Waals surface area contributed by atoms with E-state index in [9.17, 15) is 0 Å². The molecule has 72 valence electrons. The van der Waals surface area contributed by atoms with Crippen LogP contribution in [0.3, 0.4) is 0 Å². The van der Waals surface area contributed by atoms with Gasteiger partial charge < -0.3 is 0 Å². The van der Waals surface area contributed by atoms with Gasteiger partial charge in [0.15, 0.2) is 0 Å². The van der Waals surface area contributed by atoms with Crippen molar-refractivity contribution in [1.29, 1.82) is 0 Å². The third-order valence-electron chi connectivity index (χ3n) is 2.11. The average Bonchev–Trinajstić information content (AvgIpc) is 2.11. The monoisotopic (exact) mass is 194 g/mol. The molecule has 1 aromatic rings. The predicted molar refractivity (Wildman–Crippen MR) is 62.4 cm³/mol. The van der Waals surface area contributed by atoms with E-state index >= 15 is 0 Å². The van der Waals surface area contributed by atoms with Crippen LogP contribution in [-0.2, 0) is 5.75 Å². The Balaban J connectivity index is 2.59. The zero-order valence-corrected chi connectivity index (χ0v) is 9.58. The van der Waals surface area contributed by atoms with E-state index in [4.69, 9.17) is 0 Å². The Morgan fingerprint density at radius 3 is 2.69 bits per heavy atom. The van der Waals surface area contributed by atoms with Gasteiger partial charge in [0.2, 0.25) is 0 Å². The lowest BCUT2D eigenvalue weighted by Gasteiger charge is -2.06. The van der Waals surface area contributed by atoms with Crippen LogP contribution in [0.4, 0.5) is 0 Å². The van der Waals surface area contributed by atoms with E-state index in [2.05, 4.69) is 39.0 Å². The minimum absolute atomic E-state index is 1.17. The molecule has 0 radical (unpaired) electrons. The van der Waals surface area contributed by atoms with Gasteiger partial charge in [-0.2, -0.15) is 11.8 Å². The Labute approximate surface area is 85.7 Å². The largest absolute Gasteiger partial charge is 0.157 e. The van der Waals surface area contributed by atoms with Gasteiger partial charge in [-0.25, -0.2) is 0 Å². The second-order valence-electron chi connectivity index (χ2n) is 3.48. The maximum Gasteiger partial charge on any atom is 0.0187 e. The van der Waals surface area contributed by atoms with Crippen molar-refractivity contribution < 1.29 is 0 Å². The molecule has 1 heteroatoms. The Kier molecular flexibility index (Phi) is 4.37. The third-order valence-corrected chi connectivity index (χ3v) is 3.32. The lowest BCUT2D eigenvalue weighted by molar-refractivity contribution is 1.10. The van der Waals surface area contributed by atoms with Gasteiger partial charge in [0.1, 0.15) is 0 Å².